The third kappa shape index (κ3) is 15.4. The predicted molar refractivity (Wildman–Crippen MR) is 278 cm³/mol. The first-order chi connectivity index (χ1) is 32.9. The molecule has 0 amide bonds. The maximum atomic E-state index is 14.5. The number of pyridine rings is 4. The summed E-state index contributed by atoms with van der Waals surface area (Å²) in [6.45, 7) is 12.4. The quantitative estimate of drug-likeness (QED) is 0.0604. The number of nitrogens with zero attached hydrogens (tertiary/aromatic N) is 4. The van der Waals surface area contributed by atoms with Gasteiger partial charge in [0.25, 0.3) is 11.1 Å². The van der Waals surface area contributed by atoms with Gasteiger partial charge in [0.2, 0.25) is 0 Å². The first-order valence-corrected chi connectivity index (χ1v) is 23.5. The Kier molecular flexibility index (Phi) is 20.0. The Balaban J connectivity index is 0.000000223. The number of carboxylic acids is 1. The van der Waals surface area contributed by atoms with Gasteiger partial charge in [-0.05, 0) is 130 Å². The molecule has 0 atom stereocenters. The van der Waals surface area contributed by atoms with E-state index in [2.05, 4.69) is 35.5 Å². The van der Waals surface area contributed by atoms with Crippen LogP contribution >= 0.6 is 35.6 Å². The van der Waals surface area contributed by atoms with Crippen LogP contribution < -0.4 is 27.5 Å². The molecule has 19 heteroatoms. The van der Waals surface area contributed by atoms with Crippen LogP contribution in [-0.4, -0.2) is 85.9 Å². The van der Waals surface area contributed by atoms with Gasteiger partial charge in [-0.3, -0.25) is 34.0 Å². The fourth-order valence-electron chi connectivity index (χ4n) is 8.08. The van der Waals surface area contributed by atoms with Gasteiger partial charge in [0.15, 0.2) is 5.78 Å². The van der Waals surface area contributed by atoms with Crippen molar-refractivity contribution in [2.75, 3.05) is 55.6 Å². The summed E-state index contributed by atoms with van der Waals surface area (Å²) in [6, 6.07) is 18.6. The van der Waals surface area contributed by atoms with Crippen molar-refractivity contribution >= 4 is 75.9 Å². The Morgan fingerprint density at radius 2 is 1.11 bits per heavy atom. The average molecular weight is 1020 g/mol. The zero-order valence-electron chi connectivity index (χ0n) is 39.4. The van der Waals surface area contributed by atoms with E-state index in [0.29, 0.717) is 56.6 Å². The lowest BCUT2D eigenvalue weighted by molar-refractivity contribution is -0.138. The zero-order chi connectivity index (χ0) is 49.8. The van der Waals surface area contributed by atoms with Crippen LogP contribution in [0, 0.1) is 11.6 Å². The summed E-state index contributed by atoms with van der Waals surface area (Å²) in [5.74, 6) is -1.20. The molecule has 6 aromatic rings. The molecule has 0 bridgehead atoms. The molecule has 2 fully saturated rings. The van der Waals surface area contributed by atoms with Crippen molar-refractivity contribution in [1.29, 1.82) is 0 Å². The third-order valence-electron chi connectivity index (χ3n) is 11.4. The number of carboxylic acid groups (broad SMARTS) is 1. The fourth-order valence-corrected chi connectivity index (χ4v) is 8.43. The van der Waals surface area contributed by atoms with Gasteiger partial charge >= 0.3 is 5.97 Å². The van der Waals surface area contributed by atoms with Crippen LogP contribution in [0.2, 0.25) is 10.0 Å². The van der Waals surface area contributed by atoms with Crippen LogP contribution in [0.25, 0.3) is 22.3 Å². The van der Waals surface area contributed by atoms with Crippen molar-refractivity contribution in [3.05, 3.63) is 145 Å². The highest BCUT2D eigenvalue weighted by atomic mass is 35.5. The van der Waals surface area contributed by atoms with E-state index in [1.54, 1.807) is 42.7 Å². The summed E-state index contributed by atoms with van der Waals surface area (Å²) in [4.78, 5) is 66.1. The van der Waals surface area contributed by atoms with Gasteiger partial charge in [-0.1, -0.05) is 50.9 Å². The van der Waals surface area contributed by atoms with Crippen LogP contribution in [0.3, 0.4) is 0 Å². The summed E-state index contributed by atoms with van der Waals surface area (Å²) >= 11 is 12.0. The number of benzene rings is 2. The maximum Gasteiger partial charge on any atom is 0.317 e. The van der Waals surface area contributed by atoms with Crippen LogP contribution in [0.5, 0.6) is 0 Å². The topological polar surface area (TPSA) is 202 Å². The SMILES string of the molecule is CC(C)c1[nH]c(=O)c(-c2cc(Cl)ccc2F)cc1Nc1ccnc(CC(=O)CN2CCCC2)c1.CC(C)c1[nH]c(=O)c(-c2cc(Cl)ccc2F)cc1Nc1ccnc(N)c1.Cl.O=C(O)CN1CCCC1. The molecule has 2 aromatic carbocycles. The minimum atomic E-state index is -0.711. The third-order valence-corrected chi connectivity index (χ3v) is 11.9. The molecular weight excluding hydrogens is 963 g/mol. The number of rotatable bonds is 14. The van der Waals surface area contributed by atoms with Gasteiger partial charge in [-0.15, -0.1) is 12.4 Å². The molecule has 0 radical (unpaired) electrons. The fraction of sp³-hybridized carbons (Fsp3) is 0.333. The van der Waals surface area contributed by atoms with Crippen molar-refractivity contribution < 1.29 is 23.5 Å². The molecule has 2 saturated heterocycles. The Hall–Kier alpha value is -6.17. The molecule has 8 rings (SSSR count). The van der Waals surface area contributed by atoms with Gasteiger partial charge in [0.1, 0.15) is 17.5 Å². The molecule has 372 valence electrons. The first-order valence-electron chi connectivity index (χ1n) is 22.8. The summed E-state index contributed by atoms with van der Waals surface area (Å²) < 4.78 is 28.7. The summed E-state index contributed by atoms with van der Waals surface area (Å²) in [5, 5.41) is 15.6. The molecule has 2 aliphatic rings. The number of ketones is 1. The normalized spacial score (nSPS) is 13.5. The highest BCUT2D eigenvalue weighted by Crippen LogP contribution is 2.32. The van der Waals surface area contributed by atoms with E-state index in [1.807, 2.05) is 38.7 Å². The van der Waals surface area contributed by atoms with E-state index < -0.39 is 23.2 Å². The number of H-pyrrole nitrogens is 2. The summed E-state index contributed by atoms with van der Waals surface area (Å²) in [5.41, 5.74) is 10.4. The molecular formula is C51H58Cl3F2N9O5. The lowest BCUT2D eigenvalue weighted by Gasteiger charge is -2.17. The van der Waals surface area contributed by atoms with Gasteiger partial charge in [0, 0.05) is 68.1 Å². The van der Waals surface area contributed by atoms with E-state index in [4.69, 9.17) is 34.0 Å². The number of aromatic amines is 2. The molecule has 14 nitrogen and oxygen atoms in total. The number of nitrogen functional groups attached to an aromatic ring is 1. The van der Waals surface area contributed by atoms with E-state index in [-0.39, 0.29) is 70.8 Å². The number of aromatic nitrogens is 4. The van der Waals surface area contributed by atoms with Crippen molar-refractivity contribution in [3.63, 3.8) is 0 Å². The van der Waals surface area contributed by atoms with Crippen LogP contribution in [0.4, 0.5) is 37.3 Å². The van der Waals surface area contributed by atoms with E-state index in [0.717, 1.165) is 57.5 Å². The maximum absolute atomic E-state index is 14.5. The molecule has 0 saturated carbocycles. The van der Waals surface area contributed by atoms with Crippen molar-refractivity contribution in [3.8, 4) is 22.3 Å². The van der Waals surface area contributed by atoms with E-state index >= 15 is 0 Å². The first kappa shape index (κ1) is 54.8. The van der Waals surface area contributed by atoms with Crippen molar-refractivity contribution in [2.24, 2.45) is 0 Å². The standard InChI is InChI=1S/C26H28ClFN4O2.C19H18ClFN4O.C6H11NO2.ClH/c1-16(2)25-24(14-22(26(34)31-25)21-11-17(27)5-6-23(21)28)30-18-7-8-29-19(12-18)13-20(33)15-32-9-3-4-10-32;1-10(2)18-16(24-12-5-6-23-17(22)8-12)9-14(19(26)25-18)13-7-11(20)3-4-15(13)21;8-6(9)5-7-3-1-2-4-7;/h5-8,11-12,14,16H,3-4,9-10,13,15H2,1-2H3,(H,29,30)(H,31,34);3-10H,1-2H3,(H,25,26)(H3,22,23,24);1-5H2,(H,8,9);1H. The average Bonchev–Trinajstić information content (AvgIpc) is 4.01. The Morgan fingerprint density at radius 1 is 0.671 bits per heavy atom. The lowest BCUT2D eigenvalue weighted by Crippen LogP contribution is -2.27. The largest absolute Gasteiger partial charge is 0.480 e. The van der Waals surface area contributed by atoms with Gasteiger partial charge in [-0.25, -0.2) is 13.8 Å². The number of Topliss-reactive ketones (excluding diaryl/α,β-unsaturated/α-hetero) is 1. The van der Waals surface area contributed by atoms with Gasteiger partial charge < -0.3 is 31.4 Å². The highest BCUT2D eigenvalue weighted by molar-refractivity contribution is 6.31. The molecule has 2 aliphatic heterocycles. The Morgan fingerprint density at radius 3 is 1.56 bits per heavy atom. The van der Waals surface area contributed by atoms with Gasteiger partial charge in [0.05, 0.1) is 42.0 Å². The van der Waals surface area contributed by atoms with E-state index in [1.165, 1.54) is 36.4 Å². The van der Waals surface area contributed by atoms with Crippen molar-refractivity contribution in [2.45, 2.75) is 71.6 Å². The number of carbonyl (C=O) groups excluding carboxylic acids is 1. The second-order valence-corrected chi connectivity index (χ2v) is 18.4. The minimum Gasteiger partial charge on any atom is -0.480 e. The smallest absolute Gasteiger partial charge is 0.317 e. The van der Waals surface area contributed by atoms with Crippen LogP contribution in [0.15, 0.2) is 94.8 Å². The minimum absolute atomic E-state index is 0. The lowest BCUT2D eigenvalue weighted by atomic mass is 10.0. The Bertz CT molecular complexity index is 2890. The van der Waals surface area contributed by atoms with E-state index in [9.17, 15) is 28.0 Å². The molecule has 4 aromatic heterocycles. The number of nitrogens with two attached hydrogens (primary N) is 1. The number of hydrogen-bond acceptors (Lipinski definition) is 11. The number of anilines is 5. The number of nitrogens with one attached hydrogen (secondary N) is 4. The molecule has 70 heavy (non-hydrogen) atoms. The van der Waals surface area contributed by atoms with Crippen LogP contribution in [0.1, 0.15) is 82.3 Å². The number of aliphatic carboxylic acids is 1. The summed E-state index contributed by atoms with van der Waals surface area (Å²) in [6.07, 6.45) is 8.09. The second kappa shape index (κ2) is 25.6. The zero-order valence-corrected chi connectivity index (χ0v) is 41.7. The number of hydrogen-bond donors (Lipinski definition) is 6. The van der Waals surface area contributed by atoms with Crippen molar-refractivity contribution in [1.82, 2.24) is 29.7 Å². The molecule has 7 N–H and O–H groups in total. The molecule has 6 heterocycles. The monoisotopic (exact) mass is 1020 g/mol. The van der Waals surface area contributed by atoms with Crippen LogP contribution in [-0.2, 0) is 16.0 Å². The predicted octanol–water partition coefficient (Wildman–Crippen LogP) is 10.6. The van der Waals surface area contributed by atoms with Gasteiger partial charge in [-0.2, -0.15) is 0 Å². The number of carbonyl (C=O) groups is 2. The number of halogens is 5. The molecule has 0 unspecified atom stereocenters. The second-order valence-electron chi connectivity index (χ2n) is 17.6. The molecule has 0 spiro atoms. The molecule has 0 aliphatic carbocycles. The highest BCUT2D eigenvalue weighted by Gasteiger charge is 2.20. The Labute approximate surface area is 421 Å². The summed E-state index contributed by atoms with van der Waals surface area (Å²) in [7, 11) is 0. The number of likely N-dealkylation sites (tertiary alicyclic amines) is 2.